The van der Waals surface area contributed by atoms with Crippen molar-refractivity contribution >= 4 is 17.8 Å². The van der Waals surface area contributed by atoms with E-state index in [1.54, 1.807) is 24.0 Å². The molecule has 1 aromatic carbocycles. The monoisotopic (exact) mass is 378 g/mol. The molecule has 2 amide bonds. The highest BCUT2D eigenvalue weighted by Crippen LogP contribution is 2.19. The highest BCUT2D eigenvalue weighted by atomic mass is 19.1. The van der Waals surface area contributed by atoms with Crippen molar-refractivity contribution in [1.29, 1.82) is 0 Å². The maximum absolute atomic E-state index is 13.5. The van der Waals surface area contributed by atoms with Gasteiger partial charge in [-0.2, -0.15) is 0 Å². The van der Waals surface area contributed by atoms with Crippen LogP contribution in [0.4, 0.5) is 4.39 Å². The number of likely N-dealkylation sites (tertiary alicyclic amines) is 1. The summed E-state index contributed by atoms with van der Waals surface area (Å²) in [5.41, 5.74) is 1.30. The van der Waals surface area contributed by atoms with Crippen molar-refractivity contribution in [3.05, 3.63) is 35.1 Å². The number of aliphatic carboxylic acids is 1. The zero-order chi connectivity index (χ0) is 19.8. The Morgan fingerprint density at radius 1 is 1.19 bits per heavy atom. The first-order valence-corrected chi connectivity index (χ1v) is 9.39. The molecule has 1 heterocycles. The topological polar surface area (TPSA) is 86.7 Å². The largest absolute Gasteiger partial charge is 0.481 e. The van der Waals surface area contributed by atoms with Crippen molar-refractivity contribution in [2.24, 2.45) is 5.92 Å². The fourth-order valence-corrected chi connectivity index (χ4v) is 3.18. The summed E-state index contributed by atoms with van der Waals surface area (Å²) in [5, 5.41) is 11.4. The smallest absolute Gasteiger partial charge is 0.303 e. The number of piperidine rings is 1. The van der Waals surface area contributed by atoms with Gasteiger partial charge in [0.2, 0.25) is 11.8 Å². The standard InChI is InChI=1S/C20H27FN2O4/c1-14-6-7-15(12-17(14)21)13-22-20(27)16-8-10-23(11-9-16)18(24)4-2-3-5-19(25)26/h6-7,12,16H,2-5,8-11,13H2,1H3,(H,22,27)(H,25,26). The van der Waals surface area contributed by atoms with E-state index >= 15 is 0 Å². The summed E-state index contributed by atoms with van der Waals surface area (Å²) in [6, 6.07) is 4.92. The van der Waals surface area contributed by atoms with Crippen LogP contribution in [-0.2, 0) is 20.9 Å². The lowest BCUT2D eigenvalue weighted by Crippen LogP contribution is -2.42. The minimum Gasteiger partial charge on any atom is -0.481 e. The van der Waals surface area contributed by atoms with Crippen molar-refractivity contribution < 1.29 is 23.9 Å². The van der Waals surface area contributed by atoms with Crippen LogP contribution in [0.15, 0.2) is 18.2 Å². The van der Waals surface area contributed by atoms with E-state index in [1.165, 1.54) is 6.07 Å². The number of carboxylic acid groups (broad SMARTS) is 1. The SMILES string of the molecule is Cc1ccc(CNC(=O)C2CCN(C(=O)CCCCC(=O)O)CC2)cc1F. The average Bonchev–Trinajstić information content (AvgIpc) is 2.65. The van der Waals surface area contributed by atoms with Gasteiger partial charge >= 0.3 is 5.97 Å². The van der Waals surface area contributed by atoms with Crippen LogP contribution < -0.4 is 5.32 Å². The van der Waals surface area contributed by atoms with E-state index < -0.39 is 5.97 Å². The summed E-state index contributed by atoms with van der Waals surface area (Å²) in [6.45, 7) is 3.06. The number of aryl methyl sites for hydroxylation is 1. The molecular formula is C20H27FN2O4. The molecule has 1 aliphatic rings. The molecule has 0 atom stereocenters. The van der Waals surface area contributed by atoms with Gasteiger partial charge in [-0.05, 0) is 49.8 Å². The van der Waals surface area contributed by atoms with Gasteiger partial charge in [-0.15, -0.1) is 0 Å². The molecular weight excluding hydrogens is 351 g/mol. The number of hydrogen-bond acceptors (Lipinski definition) is 3. The fourth-order valence-electron chi connectivity index (χ4n) is 3.18. The molecule has 1 aliphatic heterocycles. The van der Waals surface area contributed by atoms with Gasteiger partial charge in [0.15, 0.2) is 0 Å². The first-order chi connectivity index (χ1) is 12.9. The number of hydrogen-bond donors (Lipinski definition) is 2. The third-order valence-corrected chi connectivity index (χ3v) is 4.95. The zero-order valence-electron chi connectivity index (χ0n) is 15.7. The van der Waals surface area contributed by atoms with Crippen molar-refractivity contribution in [2.45, 2.75) is 52.0 Å². The number of benzene rings is 1. The number of carbonyl (C=O) groups excluding carboxylic acids is 2. The number of nitrogens with one attached hydrogen (secondary N) is 1. The summed E-state index contributed by atoms with van der Waals surface area (Å²) in [4.78, 5) is 36.7. The van der Waals surface area contributed by atoms with Crippen LogP contribution in [-0.4, -0.2) is 40.9 Å². The Morgan fingerprint density at radius 2 is 1.85 bits per heavy atom. The Morgan fingerprint density at radius 3 is 2.48 bits per heavy atom. The maximum Gasteiger partial charge on any atom is 0.303 e. The number of nitrogens with zero attached hydrogens (tertiary/aromatic N) is 1. The lowest BCUT2D eigenvalue weighted by molar-refractivity contribution is -0.138. The van der Waals surface area contributed by atoms with Crippen LogP contribution in [0, 0.1) is 18.7 Å². The van der Waals surface area contributed by atoms with E-state index in [1.807, 2.05) is 0 Å². The Labute approximate surface area is 158 Å². The summed E-state index contributed by atoms with van der Waals surface area (Å²) in [7, 11) is 0. The van der Waals surface area contributed by atoms with Gasteiger partial charge in [0.05, 0.1) is 0 Å². The quantitative estimate of drug-likeness (QED) is 0.681. The highest BCUT2D eigenvalue weighted by Gasteiger charge is 2.26. The van der Waals surface area contributed by atoms with Gasteiger partial charge in [0, 0.05) is 38.4 Å². The van der Waals surface area contributed by atoms with Gasteiger partial charge < -0.3 is 15.3 Å². The van der Waals surface area contributed by atoms with E-state index in [2.05, 4.69) is 5.32 Å². The molecule has 0 aliphatic carbocycles. The fraction of sp³-hybridized carbons (Fsp3) is 0.550. The van der Waals surface area contributed by atoms with Crippen molar-refractivity contribution in [2.75, 3.05) is 13.1 Å². The first-order valence-electron chi connectivity index (χ1n) is 9.39. The normalized spacial score (nSPS) is 14.8. The molecule has 0 spiro atoms. The summed E-state index contributed by atoms with van der Waals surface area (Å²) in [6.07, 6.45) is 2.71. The van der Waals surface area contributed by atoms with Crippen molar-refractivity contribution in [3.63, 3.8) is 0 Å². The number of amides is 2. The lowest BCUT2D eigenvalue weighted by Gasteiger charge is -2.31. The molecule has 148 valence electrons. The molecule has 0 bridgehead atoms. The van der Waals surface area contributed by atoms with Gasteiger partial charge in [0.1, 0.15) is 5.82 Å². The molecule has 6 nitrogen and oxygen atoms in total. The third-order valence-electron chi connectivity index (χ3n) is 4.95. The maximum atomic E-state index is 13.5. The van der Waals surface area contributed by atoms with Gasteiger partial charge in [0.25, 0.3) is 0 Å². The predicted molar refractivity (Wildman–Crippen MR) is 98.4 cm³/mol. The van der Waals surface area contributed by atoms with Crippen LogP contribution in [0.25, 0.3) is 0 Å². The van der Waals surface area contributed by atoms with Crippen LogP contribution in [0.3, 0.4) is 0 Å². The summed E-state index contributed by atoms with van der Waals surface area (Å²) >= 11 is 0. The van der Waals surface area contributed by atoms with Crippen LogP contribution in [0.1, 0.15) is 49.7 Å². The lowest BCUT2D eigenvalue weighted by atomic mass is 9.95. The van der Waals surface area contributed by atoms with E-state index in [9.17, 15) is 18.8 Å². The third kappa shape index (κ3) is 6.66. The molecule has 7 heteroatoms. The average molecular weight is 378 g/mol. The molecule has 1 saturated heterocycles. The predicted octanol–water partition coefficient (Wildman–Crippen LogP) is 2.63. The highest BCUT2D eigenvalue weighted by molar-refractivity contribution is 5.80. The number of carbonyl (C=O) groups is 3. The number of rotatable bonds is 8. The molecule has 2 rings (SSSR count). The summed E-state index contributed by atoms with van der Waals surface area (Å²) in [5.74, 6) is -1.31. The van der Waals surface area contributed by atoms with Crippen molar-refractivity contribution in [1.82, 2.24) is 10.2 Å². The Balaban J connectivity index is 1.69. The molecule has 0 radical (unpaired) electrons. The number of unbranched alkanes of at least 4 members (excludes halogenated alkanes) is 1. The number of carboxylic acids is 1. The minimum atomic E-state index is -0.845. The molecule has 2 N–H and O–H groups in total. The first kappa shape index (κ1) is 20.9. The molecule has 0 unspecified atom stereocenters. The second-order valence-electron chi connectivity index (χ2n) is 7.06. The number of halogens is 1. The zero-order valence-corrected chi connectivity index (χ0v) is 15.7. The summed E-state index contributed by atoms with van der Waals surface area (Å²) < 4.78 is 13.5. The molecule has 1 fully saturated rings. The Bertz CT molecular complexity index is 685. The van der Waals surface area contributed by atoms with Crippen molar-refractivity contribution in [3.8, 4) is 0 Å². The van der Waals surface area contributed by atoms with E-state index in [0.717, 1.165) is 5.56 Å². The molecule has 27 heavy (non-hydrogen) atoms. The molecule has 0 aromatic heterocycles. The van der Waals surface area contributed by atoms with E-state index in [4.69, 9.17) is 5.11 Å². The Hall–Kier alpha value is -2.44. The second-order valence-corrected chi connectivity index (χ2v) is 7.06. The van der Waals surface area contributed by atoms with Gasteiger partial charge in [-0.1, -0.05) is 12.1 Å². The van der Waals surface area contributed by atoms with E-state index in [0.29, 0.717) is 57.3 Å². The van der Waals surface area contributed by atoms with Crippen LogP contribution in [0.2, 0.25) is 0 Å². The van der Waals surface area contributed by atoms with Gasteiger partial charge in [-0.3, -0.25) is 14.4 Å². The molecule has 1 aromatic rings. The Kier molecular flexibility index (Phi) is 7.76. The second kappa shape index (κ2) is 10.0. The van der Waals surface area contributed by atoms with Crippen LogP contribution in [0.5, 0.6) is 0 Å². The van der Waals surface area contributed by atoms with E-state index in [-0.39, 0.29) is 30.0 Å². The molecule has 0 saturated carbocycles. The van der Waals surface area contributed by atoms with Crippen LogP contribution >= 0.6 is 0 Å². The minimum absolute atomic E-state index is 0.0226. The van der Waals surface area contributed by atoms with Gasteiger partial charge in [-0.25, -0.2) is 4.39 Å².